The molecule has 3 aromatic rings. The molecule has 0 radical (unpaired) electrons. The molecule has 11 heteroatoms. The minimum Gasteiger partial charge on any atom is -0.326 e. The summed E-state index contributed by atoms with van der Waals surface area (Å²) in [6, 6.07) is 9.96. The van der Waals surface area contributed by atoms with Crippen molar-refractivity contribution in [1.29, 1.82) is 0 Å². The van der Waals surface area contributed by atoms with Crippen molar-refractivity contribution in [2.45, 2.75) is 26.3 Å². The monoisotopic (exact) mass is 539 g/mol. The Balaban J connectivity index is 1.67. The molecule has 0 spiro atoms. The van der Waals surface area contributed by atoms with Crippen molar-refractivity contribution in [3.05, 3.63) is 57.8 Å². The third-order valence-electron chi connectivity index (χ3n) is 4.71. The third kappa shape index (κ3) is 6.24. The fraction of sp³-hybridized carbons (Fsp3) is 0.238. The minimum absolute atomic E-state index is 0.114. The Morgan fingerprint density at radius 1 is 1.16 bits per heavy atom. The van der Waals surface area contributed by atoms with Crippen molar-refractivity contribution < 1.29 is 14.0 Å². The molecule has 2 atom stereocenters. The van der Waals surface area contributed by atoms with Gasteiger partial charge < -0.3 is 10.6 Å². The lowest BCUT2D eigenvalue weighted by Gasteiger charge is -2.23. The van der Waals surface area contributed by atoms with Gasteiger partial charge in [0.1, 0.15) is 16.9 Å². The van der Waals surface area contributed by atoms with E-state index < -0.39 is 23.8 Å². The zero-order valence-corrected chi connectivity index (χ0v) is 20.3. The summed E-state index contributed by atoms with van der Waals surface area (Å²) in [5, 5.41) is 17.0. The van der Waals surface area contributed by atoms with Crippen LogP contribution in [0.4, 0.5) is 20.0 Å². The van der Waals surface area contributed by atoms with Crippen LogP contribution in [-0.2, 0) is 4.79 Å². The molecule has 3 amide bonds. The van der Waals surface area contributed by atoms with E-state index in [1.165, 1.54) is 23.5 Å². The fourth-order valence-electron chi connectivity index (χ4n) is 2.75. The number of hydrogen-bond donors (Lipinski definition) is 3. The molecule has 3 rings (SSSR count). The molecule has 0 aliphatic rings. The first-order valence-corrected chi connectivity index (χ1v) is 11.7. The first-order chi connectivity index (χ1) is 15.3. The number of urea groups is 1. The predicted molar refractivity (Wildman–Crippen MR) is 128 cm³/mol. The number of hydrogen-bond acceptors (Lipinski definition) is 5. The molecule has 1 aromatic heterocycles. The van der Waals surface area contributed by atoms with E-state index in [2.05, 4.69) is 42.1 Å². The molecule has 0 bridgehead atoms. The van der Waals surface area contributed by atoms with Crippen molar-refractivity contribution in [3.8, 4) is 10.6 Å². The van der Waals surface area contributed by atoms with E-state index in [-0.39, 0.29) is 10.9 Å². The largest absolute Gasteiger partial charge is 0.326 e. The summed E-state index contributed by atoms with van der Waals surface area (Å²) < 4.78 is 14.3. The normalized spacial score (nSPS) is 12.7. The number of aromatic nitrogens is 2. The van der Waals surface area contributed by atoms with Crippen LogP contribution in [0.5, 0.6) is 0 Å². The second-order valence-corrected chi connectivity index (χ2v) is 9.30. The Hall–Kier alpha value is -2.56. The highest BCUT2D eigenvalue weighted by Crippen LogP contribution is 2.27. The SMILES string of the molecule is CC[C@@H](C)[C@H](NC(=O)Nc1ccc(F)c(Cl)c1)C(=O)Nc1nnc(-c2ccc(Br)cc2)s1. The summed E-state index contributed by atoms with van der Waals surface area (Å²) >= 11 is 10.4. The summed E-state index contributed by atoms with van der Waals surface area (Å²) in [6.07, 6.45) is 0.654. The second kappa shape index (κ2) is 10.8. The number of rotatable bonds is 7. The van der Waals surface area contributed by atoms with Gasteiger partial charge in [0.05, 0.1) is 5.02 Å². The summed E-state index contributed by atoms with van der Waals surface area (Å²) in [7, 11) is 0. The number of benzene rings is 2. The van der Waals surface area contributed by atoms with E-state index in [9.17, 15) is 14.0 Å². The van der Waals surface area contributed by atoms with Gasteiger partial charge >= 0.3 is 6.03 Å². The molecular weight excluding hydrogens is 521 g/mol. The van der Waals surface area contributed by atoms with Crippen LogP contribution in [0, 0.1) is 11.7 Å². The molecular formula is C21H20BrClFN5O2S. The maximum Gasteiger partial charge on any atom is 0.319 e. The van der Waals surface area contributed by atoms with Gasteiger partial charge in [0.2, 0.25) is 11.0 Å². The number of halogens is 3. The molecule has 3 N–H and O–H groups in total. The summed E-state index contributed by atoms with van der Waals surface area (Å²) in [5.74, 6) is -1.16. The average molecular weight is 541 g/mol. The van der Waals surface area contributed by atoms with Crippen molar-refractivity contribution in [3.63, 3.8) is 0 Å². The lowest BCUT2D eigenvalue weighted by atomic mass is 9.98. The summed E-state index contributed by atoms with van der Waals surface area (Å²) in [4.78, 5) is 25.3. The smallest absolute Gasteiger partial charge is 0.319 e. The number of nitrogens with one attached hydrogen (secondary N) is 3. The van der Waals surface area contributed by atoms with Crippen molar-refractivity contribution in [2.75, 3.05) is 10.6 Å². The Morgan fingerprint density at radius 3 is 2.53 bits per heavy atom. The first kappa shape index (κ1) is 24.1. The van der Waals surface area contributed by atoms with E-state index in [1.807, 2.05) is 38.1 Å². The lowest BCUT2D eigenvalue weighted by Crippen LogP contribution is -2.49. The fourth-order valence-corrected chi connectivity index (χ4v) is 3.95. The highest BCUT2D eigenvalue weighted by molar-refractivity contribution is 9.10. The van der Waals surface area contributed by atoms with E-state index in [0.29, 0.717) is 22.2 Å². The Bertz CT molecular complexity index is 1110. The Kier molecular flexibility index (Phi) is 8.16. The van der Waals surface area contributed by atoms with Crippen LogP contribution in [0.1, 0.15) is 20.3 Å². The van der Waals surface area contributed by atoms with Crippen LogP contribution in [0.25, 0.3) is 10.6 Å². The Labute approximate surface area is 201 Å². The molecule has 0 saturated carbocycles. The van der Waals surface area contributed by atoms with Crippen LogP contribution in [0.3, 0.4) is 0 Å². The van der Waals surface area contributed by atoms with Gasteiger partial charge in [0, 0.05) is 15.7 Å². The third-order valence-corrected chi connectivity index (χ3v) is 6.41. The first-order valence-electron chi connectivity index (χ1n) is 9.69. The van der Waals surface area contributed by atoms with Gasteiger partial charge in [-0.2, -0.15) is 0 Å². The van der Waals surface area contributed by atoms with Crippen LogP contribution >= 0.6 is 38.9 Å². The topological polar surface area (TPSA) is 96.0 Å². The molecule has 32 heavy (non-hydrogen) atoms. The average Bonchev–Trinajstić information content (AvgIpc) is 3.23. The highest BCUT2D eigenvalue weighted by Gasteiger charge is 2.27. The van der Waals surface area contributed by atoms with Gasteiger partial charge in [-0.3, -0.25) is 10.1 Å². The maximum atomic E-state index is 13.3. The molecule has 0 aliphatic heterocycles. The number of amides is 3. The van der Waals surface area contributed by atoms with Gasteiger partial charge in [0.25, 0.3) is 0 Å². The van der Waals surface area contributed by atoms with E-state index in [4.69, 9.17) is 11.6 Å². The zero-order valence-electron chi connectivity index (χ0n) is 17.2. The Morgan fingerprint density at radius 2 is 1.88 bits per heavy atom. The number of carbonyl (C=O) groups excluding carboxylic acids is 2. The molecule has 0 aliphatic carbocycles. The zero-order chi connectivity index (χ0) is 23.3. The predicted octanol–water partition coefficient (Wildman–Crippen LogP) is 5.94. The van der Waals surface area contributed by atoms with Crippen molar-refractivity contribution in [1.82, 2.24) is 15.5 Å². The van der Waals surface area contributed by atoms with Gasteiger partial charge in [-0.1, -0.05) is 71.3 Å². The lowest BCUT2D eigenvalue weighted by molar-refractivity contribution is -0.119. The number of nitrogens with zero attached hydrogens (tertiary/aromatic N) is 2. The van der Waals surface area contributed by atoms with E-state index in [1.54, 1.807) is 0 Å². The molecule has 168 valence electrons. The second-order valence-electron chi connectivity index (χ2n) is 7.00. The van der Waals surface area contributed by atoms with Gasteiger partial charge in [-0.05, 0) is 36.2 Å². The summed E-state index contributed by atoms with van der Waals surface area (Å²) in [6.45, 7) is 3.77. The van der Waals surface area contributed by atoms with Crippen LogP contribution in [0.15, 0.2) is 46.9 Å². The number of carbonyl (C=O) groups is 2. The molecule has 0 fully saturated rings. The molecule has 1 heterocycles. The van der Waals surface area contributed by atoms with Gasteiger partial charge in [-0.15, -0.1) is 10.2 Å². The number of anilines is 2. The minimum atomic E-state index is -0.823. The quantitative estimate of drug-likeness (QED) is 0.346. The maximum absolute atomic E-state index is 13.3. The van der Waals surface area contributed by atoms with Crippen LogP contribution < -0.4 is 16.0 Å². The molecule has 0 saturated heterocycles. The molecule has 2 aromatic carbocycles. The van der Waals surface area contributed by atoms with E-state index >= 15 is 0 Å². The van der Waals surface area contributed by atoms with Crippen molar-refractivity contribution in [2.24, 2.45) is 5.92 Å². The van der Waals surface area contributed by atoms with Crippen molar-refractivity contribution >= 4 is 61.6 Å². The van der Waals surface area contributed by atoms with Crippen LogP contribution in [-0.4, -0.2) is 28.2 Å². The highest BCUT2D eigenvalue weighted by atomic mass is 79.9. The standard InChI is InChI=1S/C21H20BrClFN5O2S/c1-3-11(2)17(26-20(31)25-14-8-9-16(24)15(23)10-14)18(30)27-21-29-28-19(32-21)12-4-6-13(22)7-5-12/h4-11,17H,3H2,1-2H3,(H2,25,26,31)(H,27,29,30)/t11-,17+/m1/s1. The van der Waals surface area contributed by atoms with E-state index in [0.717, 1.165) is 16.1 Å². The molecule has 0 unspecified atom stereocenters. The van der Waals surface area contributed by atoms with Crippen LogP contribution in [0.2, 0.25) is 5.02 Å². The van der Waals surface area contributed by atoms with Gasteiger partial charge in [-0.25, -0.2) is 9.18 Å². The molecule has 7 nitrogen and oxygen atoms in total. The van der Waals surface area contributed by atoms with Gasteiger partial charge in [0.15, 0.2) is 0 Å². The summed E-state index contributed by atoms with van der Waals surface area (Å²) in [5.41, 5.74) is 1.18.